The zero-order chi connectivity index (χ0) is 20.3. The topological polar surface area (TPSA) is 101 Å². The van der Waals surface area contributed by atoms with Crippen LogP contribution in [0.25, 0.3) is 0 Å². The summed E-state index contributed by atoms with van der Waals surface area (Å²) in [4.78, 5) is 26.5. The number of aliphatic hydroxyl groups excluding tert-OH is 1. The van der Waals surface area contributed by atoms with Gasteiger partial charge in [0.25, 0.3) is 18.2 Å². The summed E-state index contributed by atoms with van der Waals surface area (Å²) in [6.07, 6.45) is -1.42. The van der Waals surface area contributed by atoms with Gasteiger partial charge in [-0.05, 0) is 38.0 Å². The van der Waals surface area contributed by atoms with Crippen LogP contribution in [0.15, 0.2) is 28.8 Å². The lowest BCUT2D eigenvalue weighted by Gasteiger charge is -2.22. The minimum atomic E-state index is -2.79. The largest absolute Gasteiger partial charge is 0.450 e. The van der Waals surface area contributed by atoms with Gasteiger partial charge < -0.3 is 19.7 Å². The Bertz CT molecular complexity index is 835. The molecule has 1 saturated heterocycles. The molecule has 152 valence electrons. The number of amides is 2. The van der Waals surface area contributed by atoms with Crippen LogP contribution < -0.4 is 5.32 Å². The van der Waals surface area contributed by atoms with Gasteiger partial charge in [0.15, 0.2) is 11.5 Å². The van der Waals surface area contributed by atoms with Gasteiger partial charge in [-0.2, -0.15) is 5.10 Å². The summed E-state index contributed by atoms with van der Waals surface area (Å²) in [6, 6.07) is 3.45. The van der Waals surface area contributed by atoms with Crippen molar-refractivity contribution in [1.82, 2.24) is 20.0 Å². The first-order valence-corrected chi connectivity index (χ1v) is 9.07. The molecule has 1 aliphatic heterocycles. The van der Waals surface area contributed by atoms with Crippen molar-refractivity contribution in [3.8, 4) is 0 Å². The second-order valence-corrected chi connectivity index (χ2v) is 6.63. The molecule has 0 unspecified atom stereocenters. The molecule has 3 heterocycles. The minimum absolute atomic E-state index is 0.135. The van der Waals surface area contributed by atoms with Crippen LogP contribution in [0.1, 0.15) is 53.0 Å². The molecule has 0 spiro atoms. The number of carbonyl (C=O) groups excluding carboxylic acids is 2. The first kappa shape index (κ1) is 20.0. The first-order chi connectivity index (χ1) is 13.4. The fourth-order valence-electron chi connectivity index (χ4n) is 3.27. The summed E-state index contributed by atoms with van der Waals surface area (Å²) in [5.41, 5.74) is 0.437. The molecule has 10 heteroatoms. The van der Waals surface area contributed by atoms with Crippen LogP contribution in [0.2, 0.25) is 0 Å². The van der Waals surface area contributed by atoms with E-state index in [1.165, 1.54) is 11.0 Å². The summed E-state index contributed by atoms with van der Waals surface area (Å²) in [5.74, 6) is -1.66. The predicted molar refractivity (Wildman–Crippen MR) is 94.0 cm³/mol. The van der Waals surface area contributed by atoms with Crippen LogP contribution >= 0.6 is 0 Å². The Balaban J connectivity index is 1.63. The lowest BCUT2D eigenvalue weighted by atomic mass is 10.1. The van der Waals surface area contributed by atoms with Crippen LogP contribution in [0.3, 0.4) is 0 Å². The summed E-state index contributed by atoms with van der Waals surface area (Å²) in [7, 11) is 0. The molecule has 2 N–H and O–H groups in total. The number of nitrogens with one attached hydrogen (secondary N) is 1. The molecule has 2 atom stereocenters. The van der Waals surface area contributed by atoms with Gasteiger partial charge in [0, 0.05) is 31.9 Å². The first-order valence-electron chi connectivity index (χ1n) is 9.07. The van der Waals surface area contributed by atoms with Crippen LogP contribution in [0.4, 0.5) is 8.78 Å². The maximum absolute atomic E-state index is 12.7. The third-order valence-corrected chi connectivity index (χ3v) is 4.66. The molecular formula is C18H22F2N4O4. The SMILES string of the molecule is CCn1nccc1C(=O)N1CC[C@H](NC(=O)c2ccc(C(F)F)o2)C[C@H](O)C1. The summed E-state index contributed by atoms with van der Waals surface area (Å²) < 4.78 is 31.6. The third kappa shape index (κ3) is 4.38. The summed E-state index contributed by atoms with van der Waals surface area (Å²) >= 11 is 0. The molecule has 0 saturated carbocycles. The molecule has 0 aromatic carbocycles. The molecular weight excluding hydrogens is 374 g/mol. The second kappa shape index (κ2) is 8.51. The van der Waals surface area contributed by atoms with Crippen molar-refractivity contribution in [3.63, 3.8) is 0 Å². The van der Waals surface area contributed by atoms with Crippen LogP contribution in [-0.2, 0) is 6.54 Å². The number of aliphatic hydroxyl groups is 1. The van der Waals surface area contributed by atoms with Crippen molar-refractivity contribution in [3.05, 3.63) is 41.6 Å². The molecule has 1 fully saturated rings. The van der Waals surface area contributed by atoms with Gasteiger partial charge in [0.2, 0.25) is 0 Å². The Morgan fingerprint density at radius 1 is 1.39 bits per heavy atom. The number of nitrogens with zero attached hydrogens (tertiary/aromatic N) is 3. The smallest absolute Gasteiger partial charge is 0.295 e. The molecule has 0 aliphatic carbocycles. The van der Waals surface area contributed by atoms with E-state index in [0.717, 1.165) is 6.07 Å². The number of β-amino-alcohol motifs (C(OH)–C–C–N with tert-alkyl or cyclic N) is 1. The Morgan fingerprint density at radius 3 is 2.86 bits per heavy atom. The number of aromatic nitrogens is 2. The van der Waals surface area contributed by atoms with Crippen molar-refractivity contribution in [2.24, 2.45) is 0 Å². The van der Waals surface area contributed by atoms with Gasteiger partial charge in [-0.15, -0.1) is 0 Å². The van der Waals surface area contributed by atoms with Crippen molar-refractivity contribution in [2.75, 3.05) is 13.1 Å². The van der Waals surface area contributed by atoms with Gasteiger partial charge in [-0.25, -0.2) is 8.78 Å². The number of hydrogen-bond donors (Lipinski definition) is 2. The van der Waals surface area contributed by atoms with Gasteiger partial charge in [-0.1, -0.05) is 0 Å². The number of aryl methyl sites for hydroxylation is 1. The van der Waals surface area contributed by atoms with Gasteiger partial charge in [0.1, 0.15) is 5.69 Å². The number of rotatable bonds is 5. The molecule has 2 aromatic rings. The Morgan fingerprint density at radius 2 is 2.18 bits per heavy atom. The summed E-state index contributed by atoms with van der Waals surface area (Å²) in [6.45, 7) is 2.89. The highest BCUT2D eigenvalue weighted by Crippen LogP contribution is 2.21. The average Bonchev–Trinajstić information content (AvgIpc) is 3.29. The number of halogens is 2. The van der Waals surface area contributed by atoms with E-state index >= 15 is 0 Å². The van der Waals surface area contributed by atoms with Crippen molar-refractivity contribution in [1.29, 1.82) is 0 Å². The number of alkyl halides is 2. The standard InChI is InChI=1S/C18H22F2N4O4/c1-2-24-13(5-7-21-24)18(27)23-8-6-11(9-12(25)10-23)22-17(26)15-4-3-14(28-15)16(19)20/h3-5,7,11-12,16,25H,2,6,8-10H2,1H3,(H,22,26)/t11-,12-/m0/s1. The van der Waals surface area contributed by atoms with E-state index in [1.54, 1.807) is 16.9 Å². The molecule has 2 aromatic heterocycles. The van der Waals surface area contributed by atoms with Crippen molar-refractivity contribution >= 4 is 11.8 Å². The Kier molecular flexibility index (Phi) is 6.08. The number of carbonyl (C=O) groups is 2. The van der Waals surface area contributed by atoms with Crippen molar-refractivity contribution < 1.29 is 27.9 Å². The highest BCUT2D eigenvalue weighted by Gasteiger charge is 2.29. The lowest BCUT2D eigenvalue weighted by Crippen LogP contribution is -2.37. The van der Waals surface area contributed by atoms with Crippen LogP contribution in [-0.4, -0.2) is 56.8 Å². The highest BCUT2D eigenvalue weighted by atomic mass is 19.3. The Labute approximate surface area is 160 Å². The van der Waals surface area contributed by atoms with E-state index in [4.69, 9.17) is 4.42 Å². The molecule has 1 aliphatic rings. The maximum atomic E-state index is 12.7. The minimum Gasteiger partial charge on any atom is -0.450 e. The lowest BCUT2D eigenvalue weighted by molar-refractivity contribution is 0.0639. The van der Waals surface area contributed by atoms with E-state index in [1.807, 2.05) is 6.92 Å². The van der Waals surface area contributed by atoms with Gasteiger partial charge >= 0.3 is 0 Å². The number of furan rings is 1. The quantitative estimate of drug-likeness (QED) is 0.803. The molecule has 2 amide bonds. The predicted octanol–water partition coefficient (Wildman–Crippen LogP) is 1.83. The van der Waals surface area contributed by atoms with Crippen molar-refractivity contribution in [2.45, 2.75) is 44.9 Å². The Hall–Kier alpha value is -2.75. The van der Waals surface area contributed by atoms with Gasteiger partial charge in [0.05, 0.1) is 6.10 Å². The molecule has 28 heavy (non-hydrogen) atoms. The zero-order valence-corrected chi connectivity index (χ0v) is 15.3. The van der Waals surface area contributed by atoms with E-state index in [-0.39, 0.29) is 24.6 Å². The zero-order valence-electron chi connectivity index (χ0n) is 15.3. The second-order valence-electron chi connectivity index (χ2n) is 6.63. The highest BCUT2D eigenvalue weighted by molar-refractivity contribution is 5.93. The number of likely N-dealkylation sites (tertiary alicyclic amines) is 1. The van der Waals surface area contributed by atoms with E-state index < -0.39 is 30.2 Å². The molecule has 3 rings (SSSR count). The summed E-state index contributed by atoms with van der Waals surface area (Å²) in [5, 5.41) is 17.0. The van der Waals surface area contributed by atoms with E-state index in [2.05, 4.69) is 10.4 Å². The third-order valence-electron chi connectivity index (χ3n) is 4.66. The van der Waals surface area contributed by atoms with E-state index in [0.29, 0.717) is 25.2 Å². The number of hydrogen-bond acceptors (Lipinski definition) is 5. The van der Waals surface area contributed by atoms with Crippen LogP contribution in [0.5, 0.6) is 0 Å². The normalized spacial score (nSPS) is 20.2. The average molecular weight is 396 g/mol. The van der Waals surface area contributed by atoms with Gasteiger partial charge in [-0.3, -0.25) is 14.3 Å². The fourth-order valence-corrected chi connectivity index (χ4v) is 3.27. The fraction of sp³-hybridized carbons (Fsp3) is 0.500. The van der Waals surface area contributed by atoms with E-state index in [9.17, 15) is 23.5 Å². The van der Waals surface area contributed by atoms with Crippen LogP contribution in [0, 0.1) is 0 Å². The maximum Gasteiger partial charge on any atom is 0.295 e. The molecule has 0 bridgehead atoms. The molecule has 8 nitrogen and oxygen atoms in total. The molecule has 0 radical (unpaired) electrons. The monoisotopic (exact) mass is 396 g/mol.